The van der Waals surface area contributed by atoms with Crippen LogP contribution in [-0.4, -0.2) is 20.1 Å². The fourth-order valence-electron chi connectivity index (χ4n) is 1.51. The zero-order valence-electron chi connectivity index (χ0n) is 9.17. The van der Waals surface area contributed by atoms with Crippen LogP contribution in [0.1, 0.15) is 18.9 Å². The summed E-state index contributed by atoms with van der Waals surface area (Å²) in [4.78, 5) is 15.6. The molecule has 1 aromatic rings. The lowest BCUT2D eigenvalue weighted by atomic mass is 10.2. The molecule has 0 unspecified atom stereocenters. The van der Waals surface area contributed by atoms with Gasteiger partial charge in [0.05, 0.1) is 5.75 Å². The molecule has 1 aliphatic rings. The first-order valence-electron chi connectivity index (χ1n) is 5.12. The van der Waals surface area contributed by atoms with E-state index < -0.39 is 15.8 Å². The molecule has 7 heteroatoms. The Morgan fingerprint density at radius 1 is 1.59 bits per heavy atom. The molecule has 0 saturated carbocycles. The predicted molar refractivity (Wildman–Crippen MR) is 62.0 cm³/mol. The topological polar surface area (TPSA) is 72.8 Å². The predicted octanol–water partition coefficient (Wildman–Crippen LogP) is 0.847. The van der Waals surface area contributed by atoms with E-state index in [2.05, 4.69) is 9.99 Å². The zero-order valence-corrected chi connectivity index (χ0v) is 10.8. The van der Waals surface area contributed by atoms with Crippen LogP contribution in [0.3, 0.4) is 0 Å². The van der Waals surface area contributed by atoms with Crippen molar-refractivity contribution in [3.8, 4) is 0 Å². The number of carbonyl (C=O) groups excluding carboxylic acids is 1. The molecule has 0 atom stereocenters. The second-order valence-electron chi connectivity index (χ2n) is 3.55. The van der Waals surface area contributed by atoms with Gasteiger partial charge in [-0.25, -0.2) is 13.2 Å². The molecule has 17 heavy (non-hydrogen) atoms. The Labute approximate surface area is 103 Å². The summed E-state index contributed by atoms with van der Waals surface area (Å²) in [7, 11) is -3.15. The standard InChI is InChI=1S/C10H11NO4S2/c1-2-9(12)15-11-8-3-5-16-10-7(8)4-6-17(10,13)14/h3,5H,2,4,6H2,1H3/b11-8-. The van der Waals surface area contributed by atoms with Gasteiger partial charge in [0.2, 0.25) is 0 Å². The summed E-state index contributed by atoms with van der Waals surface area (Å²) < 4.78 is 23.7. The molecule has 0 bridgehead atoms. The molecule has 0 fully saturated rings. The summed E-state index contributed by atoms with van der Waals surface area (Å²) >= 11 is 1.17. The van der Waals surface area contributed by atoms with E-state index in [0.29, 0.717) is 21.6 Å². The number of hydrogen-bond acceptors (Lipinski definition) is 6. The highest BCUT2D eigenvalue weighted by molar-refractivity contribution is 7.93. The van der Waals surface area contributed by atoms with Gasteiger partial charge in [-0.05, 0) is 17.9 Å². The highest BCUT2D eigenvalue weighted by Crippen LogP contribution is 2.26. The monoisotopic (exact) mass is 273 g/mol. The van der Waals surface area contributed by atoms with Crippen molar-refractivity contribution in [1.82, 2.24) is 0 Å². The van der Waals surface area contributed by atoms with Gasteiger partial charge in [-0.3, -0.25) is 0 Å². The number of nitrogens with zero attached hydrogens (tertiary/aromatic N) is 1. The van der Waals surface area contributed by atoms with E-state index >= 15 is 0 Å². The summed E-state index contributed by atoms with van der Waals surface area (Å²) in [5.74, 6) is -0.334. The summed E-state index contributed by atoms with van der Waals surface area (Å²) in [5.41, 5.74) is 0.654. The minimum absolute atomic E-state index is 0.104. The Kier molecular flexibility index (Phi) is 3.30. The summed E-state index contributed by atoms with van der Waals surface area (Å²) in [6.45, 7) is 1.67. The SMILES string of the molecule is CCC(=O)O/N=c1/ccsc2c1CCS2(=O)=O. The van der Waals surface area contributed by atoms with Crippen LogP contribution in [-0.2, 0) is 25.9 Å². The molecule has 0 radical (unpaired) electrons. The molecule has 0 amide bonds. The van der Waals surface area contributed by atoms with Gasteiger partial charge in [-0.2, -0.15) is 0 Å². The molecule has 0 N–H and O–H groups in total. The first-order chi connectivity index (χ1) is 8.04. The van der Waals surface area contributed by atoms with E-state index in [0.717, 1.165) is 0 Å². The maximum Gasteiger partial charge on any atom is 0.334 e. The zero-order chi connectivity index (χ0) is 12.5. The second-order valence-corrected chi connectivity index (χ2v) is 6.77. The Hall–Kier alpha value is -1.21. The average molecular weight is 273 g/mol. The van der Waals surface area contributed by atoms with E-state index in [1.54, 1.807) is 18.4 Å². The van der Waals surface area contributed by atoms with Crippen molar-refractivity contribution < 1.29 is 18.0 Å². The first kappa shape index (κ1) is 12.3. The Bertz CT molecular complexity index is 615. The molecule has 0 spiro atoms. The van der Waals surface area contributed by atoms with Crippen LogP contribution in [0.2, 0.25) is 0 Å². The molecule has 92 valence electrons. The number of sulfone groups is 1. The van der Waals surface area contributed by atoms with Crippen LogP contribution in [0.4, 0.5) is 0 Å². The quantitative estimate of drug-likeness (QED) is 0.591. The Morgan fingerprint density at radius 3 is 3.06 bits per heavy atom. The minimum atomic E-state index is -3.15. The number of rotatable bonds is 2. The van der Waals surface area contributed by atoms with Crippen LogP contribution in [0.25, 0.3) is 0 Å². The fourth-order valence-corrected chi connectivity index (χ4v) is 4.42. The van der Waals surface area contributed by atoms with Gasteiger partial charge in [0, 0.05) is 12.0 Å². The third-order valence-corrected chi connectivity index (χ3v) is 5.73. The van der Waals surface area contributed by atoms with Gasteiger partial charge in [-0.15, -0.1) is 11.3 Å². The lowest BCUT2D eigenvalue weighted by Gasteiger charge is -1.97. The number of carbonyl (C=O) groups is 1. The molecule has 2 rings (SSSR count). The molecule has 0 aliphatic carbocycles. The number of hydrogen-bond donors (Lipinski definition) is 0. The lowest BCUT2D eigenvalue weighted by molar-refractivity contribution is -0.143. The lowest BCUT2D eigenvalue weighted by Crippen LogP contribution is -2.10. The highest BCUT2D eigenvalue weighted by Gasteiger charge is 2.28. The summed E-state index contributed by atoms with van der Waals surface area (Å²) in [6.07, 6.45) is 0.664. The van der Waals surface area contributed by atoms with E-state index in [4.69, 9.17) is 0 Å². The van der Waals surface area contributed by atoms with Crippen molar-refractivity contribution in [3.05, 3.63) is 22.4 Å². The van der Waals surface area contributed by atoms with Crippen molar-refractivity contribution in [2.24, 2.45) is 5.16 Å². The van der Waals surface area contributed by atoms with Crippen molar-refractivity contribution >= 4 is 27.1 Å². The molecular formula is C10H11NO4S2. The van der Waals surface area contributed by atoms with E-state index in [-0.39, 0.29) is 12.2 Å². The van der Waals surface area contributed by atoms with Crippen LogP contribution >= 0.6 is 11.3 Å². The Balaban J connectivity index is 2.46. The van der Waals surface area contributed by atoms with Gasteiger partial charge < -0.3 is 4.84 Å². The van der Waals surface area contributed by atoms with Crippen LogP contribution in [0.5, 0.6) is 0 Å². The van der Waals surface area contributed by atoms with Crippen LogP contribution < -0.4 is 5.36 Å². The van der Waals surface area contributed by atoms with E-state index in [1.165, 1.54) is 11.3 Å². The third-order valence-electron chi connectivity index (χ3n) is 2.39. The summed E-state index contributed by atoms with van der Waals surface area (Å²) in [6, 6.07) is 1.66. The minimum Gasteiger partial charge on any atom is -0.318 e. The molecule has 1 aliphatic heterocycles. The molecular weight excluding hydrogens is 262 g/mol. The van der Waals surface area contributed by atoms with E-state index in [1.807, 2.05) is 0 Å². The molecule has 1 aromatic heterocycles. The van der Waals surface area contributed by atoms with Crippen LogP contribution in [0.15, 0.2) is 20.8 Å². The first-order valence-corrected chi connectivity index (χ1v) is 7.65. The second kappa shape index (κ2) is 4.58. The molecule has 0 aromatic carbocycles. The van der Waals surface area contributed by atoms with Gasteiger partial charge in [0.25, 0.3) is 0 Å². The normalized spacial score (nSPS) is 17.8. The van der Waals surface area contributed by atoms with Gasteiger partial charge in [0.15, 0.2) is 9.84 Å². The van der Waals surface area contributed by atoms with Crippen molar-refractivity contribution in [3.63, 3.8) is 0 Å². The van der Waals surface area contributed by atoms with Crippen LogP contribution in [0, 0.1) is 0 Å². The molecule has 0 saturated heterocycles. The average Bonchev–Trinajstić information content (AvgIpc) is 2.63. The molecule has 5 nitrogen and oxygen atoms in total. The summed E-state index contributed by atoms with van der Waals surface area (Å²) in [5, 5.41) is 5.78. The fraction of sp³-hybridized carbons (Fsp3) is 0.400. The van der Waals surface area contributed by atoms with E-state index in [9.17, 15) is 13.2 Å². The smallest absolute Gasteiger partial charge is 0.318 e. The van der Waals surface area contributed by atoms with Crippen molar-refractivity contribution in [2.75, 3.05) is 5.75 Å². The maximum absolute atomic E-state index is 11.7. The third kappa shape index (κ3) is 2.39. The van der Waals surface area contributed by atoms with Gasteiger partial charge in [-0.1, -0.05) is 12.1 Å². The van der Waals surface area contributed by atoms with Crippen molar-refractivity contribution in [1.29, 1.82) is 0 Å². The maximum atomic E-state index is 11.7. The molecule has 2 heterocycles. The largest absolute Gasteiger partial charge is 0.334 e. The van der Waals surface area contributed by atoms with Gasteiger partial charge in [0.1, 0.15) is 9.57 Å². The Morgan fingerprint density at radius 2 is 2.35 bits per heavy atom. The highest BCUT2D eigenvalue weighted by atomic mass is 32.2. The number of fused-ring (bicyclic) bond motifs is 1. The van der Waals surface area contributed by atoms with Gasteiger partial charge >= 0.3 is 5.97 Å². The van der Waals surface area contributed by atoms with Crippen molar-refractivity contribution in [2.45, 2.75) is 24.0 Å².